The molecule has 0 fully saturated rings. The molecular weight excluding hydrogens is 206 g/mol. The van der Waals surface area contributed by atoms with E-state index in [1.165, 1.54) is 12.1 Å². The van der Waals surface area contributed by atoms with Crippen molar-refractivity contribution in [1.29, 1.82) is 0 Å². The van der Waals surface area contributed by atoms with Gasteiger partial charge in [0.15, 0.2) is 0 Å². The molecular formula is C12H15NO3. The van der Waals surface area contributed by atoms with Crippen molar-refractivity contribution < 1.29 is 9.72 Å². The van der Waals surface area contributed by atoms with Crippen LogP contribution in [0.3, 0.4) is 0 Å². The van der Waals surface area contributed by atoms with Gasteiger partial charge >= 0.3 is 0 Å². The van der Waals surface area contributed by atoms with E-state index in [1.54, 1.807) is 12.1 Å². The van der Waals surface area contributed by atoms with Crippen LogP contribution in [0.1, 0.15) is 25.3 Å². The van der Waals surface area contributed by atoms with E-state index >= 15 is 0 Å². The zero-order chi connectivity index (χ0) is 12.0. The topological polar surface area (TPSA) is 60.2 Å². The molecule has 0 spiro atoms. The van der Waals surface area contributed by atoms with E-state index in [2.05, 4.69) is 0 Å². The highest BCUT2D eigenvalue weighted by atomic mass is 16.6. The Hall–Kier alpha value is -1.71. The summed E-state index contributed by atoms with van der Waals surface area (Å²) in [5, 5.41) is 10.5. The molecule has 0 saturated heterocycles. The fourth-order valence-electron chi connectivity index (χ4n) is 1.62. The fraction of sp³-hybridized carbons (Fsp3) is 0.417. The number of rotatable bonds is 6. The maximum absolute atomic E-state index is 10.5. The summed E-state index contributed by atoms with van der Waals surface area (Å²) in [6, 6.07) is 6.52. The molecule has 0 saturated carbocycles. The number of carbonyl (C=O) groups is 1. The highest BCUT2D eigenvalue weighted by Gasteiger charge is 2.08. The van der Waals surface area contributed by atoms with E-state index < -0.39 is 4.92 Å². The summed E-state index contributed by atoms with van der Waals surface area (Å²) in [6.45, 7) is 2.04. The number of aldehydes is 1. The number of nitro groups is 1. The number of nitrogens with zero attached hydrogens (tertiary/aromatic N) is 1. The van der Waals surface area contributed by atoms with E-state index in [9.17, 15) is 14.9 Å². The largest absolute Gasteiger partial charge is 0.303 e. The van der Waals surface area contributed by atoms with Crippen molar-refractivity contribution in [3.8, 4) is 0 Å². The molecule has 0 bridgehead atoms. The minimum Gasteiger partial charge on any atom is -0.303 e. The Labute approximate surface area is 94.4 Å². The van der Waals surface area contributed by atoms with Gasteiger partial charge in [-0.15, -0.1) is 0 Å². The molecule has 0 aliphatic rings. The lowest BCUT2D eigenvalue weighted by Crippen LogP contribution is -2.04. The predicted molar refractivity (Wildman–Crippen MR) is 61.3 cm³/mol. The molecule has 0 radical (unpaired) electrons. The second kappa shape index (κ2) is 6.00. The molecule has 0 N–H and O–H groups in total. The number of non-ortho nitro benzene ring substituents is 1. The molecule has 1 unspecified atom stereocenters. The van der Waals surface area contributed by atoms with Crippen molar-refractivity contribution >= 4 is 12.0 Å². The number of carbonyl (C=O) groups excluding carboxylic acids is 1. The fourth-order valence-corrected chi connectivity index (χ4v) is 1.62. The minimum absolute atomic E-state index is 0.104. The van der Waals surface area contributed by atoms with Gasteiger partial charge in [0.05, 0.1) is 4.92 Å². The predicted octanol–water partition coefficient (Wildman–Crippen LogP) is 2.75. The Morgan fingerprint density at radius 1 is 1.38 bits per heavy atom. The number of benzene rings is 1. The molecule has 86 valence electrons. The van der Waals surface area contributed by atoms with Crippen LogP contribution in [0.5, 0.6) is 0 Å². The Balaban J connectivity index is 2.66. The van der Waals surface area contributed by atoms with Gasteiger partial charge in [-0.1, -0.05) is 25.5 Å². The first-order valence-corrected chi connectivity index (χ1v) is 5.34. The van der Waals surface area contributed by atoms with E-state index in [4.69, 9.17) is 0 Å². The molecule has 0 heterocycles. The molecule has 4 nitrogen and oxygen atoms in total. The maximum atomic E-state index is 10.5. The van der Waals surface area contributed by atoms with Gasteiger partial charge in [0.25, 0.3) is 5.69 Å². The molecule has 4 heteroatoms. The molecule has 1 rings (SSSR count). The maximum Gasteiger partial charge on any atom is 0.269 e. The summed E-state index contributed by atoms with van der Waals surface area (Å²) in [6.07, 6.45) is 3.22. The van der Waals surface area contributed by atoms with Crippen LogP contribution in [0.15, 0.2) is 24.3 Å². The smallest absolute Gasteiger partial charge is 0.269 e. The second-order valence-electron chi connectivity index (χ2n) is 3.80. The zero-order valence-corrected chi connectivity index (χ0v) is 9.26. The Morgan fingerprint density at radius 2 is 2.00 bits per heavy atom. The second-order valence-corrected chi connectivity index (χ2v) is 3.80. The Morgan fingerprint density at radius 3 is 2.44 bits per heavy atom. The van der Waals surface area contributed by atoms with E-state index in [0.29, 0.717) is 12.3 Å². The van der Waals surface area contributed by atoms with Gasteiger partial charge in [0.2, 0.25) is 0 Å². The van der Waals surface area contributed by atoms with E-state index in [-0.39, 0.29) is 5.69 Å². The third-order valence-corrected chi connectivity index (χ3v) is 2.68. The van der Waals surface area contributed by atoms with Crippen molar-refractivity contribution in [2.75, 3.05) is 0 Å². The SMILES string of the molecule is CCC(CC=O)Cc1ccc([N+](=O)[O-])cc1. The van der Waals surface area contributed by atoms with Crippen LogP contribution >= 0.6 is 0 Å². The van der Waals surface area contributed by atoms with Crippen LogP contribution in [0.4, 0.5) is 5.69 Å². The van der Waals surface area contributed by atoms with Gasteiger partial charge in [-0.25, -0.2) is 0 Å². The van der Waals surface area contributed by atoms with Crippen molar-refractivity contribution in [3.63, 3.8) is 0 Å². The lowest BCUT2D eigenvalue weighted by molar-refractivity contribution is -0.384. The first-order chi connectivity index (χ1) is 7.67. The lowest BCUT2D eigenvalue weighted by Gasteiger charge is -2.10. The molecule has 1 aromatic rings. The molecule has 16 heavy (non-hydrogen) atoms. The number of hydrogen-bond acceptors (Lipinski definition) is 3. The molecule has 1 aromatic carbocycles. The van der Waals surface area contributed by atoms with Crippen molar-refractivity contribution in [3.05, 3.63) is 39.9 Å². The van der Waals surface area contributed by atoms with Crippen molar-refractivity contribution in [1.82, 2.24) is 0 Å². The van der Waals surface area contributed by atoms with Crippen LogP contribution in [-0.2, 0) is 11.2 Å². The number of nitro benzene ring substituents is 1. The molecule has 0 amide bonds. The van der Waals surface area contributed by atoms with Gasteiger partial charge < -0.3 is 4.79 Å². The third kappa shape index (κ3) is 3.46. The van der Waals surface area contributed by atoms with Crippen LogP contribution in [0.2, 0.25) is 0 Å². The summed E-state index contributed by atoms with van der Waals surface area (Å²) in [5.41, 5.74) is 1.14. The van der Waals surface area contributed by atoms with Crippen molar-refractivity contribution in [2.24, 2.45) is 5.92 Å². The van der Waals surface area contributed by atoms with Crippen LogP contribution in [0.25, 0.3) is 0 Å². The van der Waals surface area contributed by atoms with E-state index in [0.717, 1.165) is 24.7 Å². The van der Waals surface area contributed by atoms with Crippen LogP contribution in [0, 0.1) is 16.0 Å². The quantitative estimate of drug-likeness (QED) is 0.421. The average Bonchev–Trinajstić information content (AvgIpc) is 2.29. The summed E-state index contributed by atoms with van der Waals surface area (Å²) in [7, 11) is 0. The minimum atomic E-state index is -0.410. The summed E-state index contributed by atoms with van der Waals surface area (Å²) < 4.78 is 0. The third-order valence-electron chi connectivity index (χ3n) is 2.68. The van der Waals surface area contributed by atoms with Crippen LogP contribution in [-0.4, -0.2) is 11.2 Å². The average molecular weight is 221 g/mol. The van der Waals surface area contributed by atoms with Gasteiger partial charge in [0, 0.05) is 18.6 Å². The Bertz CT molecular complexity index is 359. The monoisotopic (exact) mass is 221 g/mol. The number of hydrogen-bond donors (Lipinski definition) is 0. The summed E-state index contributed by atoms with van der Waals surface area (Å²) in [5.74, 6) is 0.332. The highest BCUT2D eigenvalue weighted by Crippen LogP contribution is 2.17. The van der Waals surface area contributed by atoms with Gasteiger partial charge in [-0.2, -0.15) is 0 Å². The van der Waals surface area contributed by atoms with Gasteiger partial charge in [0.1, 0.15) is 6.29 Å². The van der Waals surface area contributed by atoms with Crippen LogP contribution < -0.4 is 0 Å². The molecule has 0 aliphatic heterocycles. The molecule has 0 aromatic heterocycles. The Kier molecular flexibility index (Phi) is 4.64. The van der Waals surface area contributed by atoms with Gasteiger partial charge in [-0.3, -0.25) is 10.1 Å². The standard InChI is InChI=1S/C12H15NO3/c1-2-10(7-8-14)9-11-3-5-12(6-4-11)13(15)16/h3-6,8,10H,2,7,9H2,1H3. The first kappa shape index (κ1) is 12.4. The summed E-state index contributed by atoms with van der Waals surface area (Å²) in [4.78, 5) is 20.5. The highest BCUT2D eigenvalue weighted by molar-refractivity contribution is 5.49. The lowest BCUT2D eigenvalue weighted by atomic mass is 9.94. The normalized spacial score (nSPS) is 12.1. The molecule has 0 aliphatic carbocycles. The van der Waals surface area contributed by atoms with Crippen molar-refractivity contribution in [2.45, 2.75) is 26.2 Å². The first-order valence-electron chi connectivity index (χ1n) is 5.34. The molecule has 1 atom stereocenters. The van der Waals surface area contributed by atoms with Gasteiger partial charge in [-0.05, 0) is 17.9 Å². The zero-order valence-electron chi connectivity index (χ0n) is 9.26. The summed E-state index contributed by atoms with van der Waals surface area (Å²) >= 11 is 0. The van der Waals surface area contributed by atoms with E-state index in [1.807, 2.05) is 6.92 Å².